The fourth-order valence-corrected chi connectivity index (χ4v) is 3.42. The number of methoxy groups -OCH3 is 1. The Balaban J connectivity index is 1.80. The number of nitrogens with zero attached hydrogens (tertiary/aromatic N) is 1. The van der Waals surface area contributed by atoms with Crippen LogP contribution in [0.2, 0.25) is 0 Å². The quantitative estimate of drug-likeness (QED) is 0.515. The number of rotatable bonds is 7. The molecule has 2 atom stereocenters. The molecular formula is C23H23NO6. The molecule has 0 aliphatic carbocycles. The topological polar surface area (TPSA) is 90.0 Å². The zero-order chi connectivity index (χ0) is 21.8. The Hall–Kier alpha value is -3.48. The minimum absolute atomic E-state index is 0.0974. The average molecular weight is 409 g/mol. The zero-order valence-electron chi connectivity index (χ0n) is 17.1. The highest BCUT2D eigenvalue weighted by Gasteiger charge is 2.45. The van der Waals surface area contributed by atoms with Crippen LogP contribution in [0.4, 0.5) is 0 Å². The monoisotopic (exact) mass is 409 g/mol. The molecule has 0 aromatic heterocycles. The van der Waals surface area contributed by atoms with Crippen molar-refractivity contribution in [2.24, 2.45) is 5.92 Å². The first-order valence-corrected chi connectivity index (χ1v) is 9.69. The highest BCUT2D eigenvalue weighted by Crippen LogP contribution is 2.29. The number of amides is 2. The van der Waals surface area contributed by atoms with Crippen LogP contribution >= 0.6 is 0 Å². The molecule has 0 saturated carbocycles. The van der Waals surface area contributed by atoms with Gasteiger partial charge >= 0.3 is 11.9 Å². The van der Waals surface area contributed by atoms with Gasteiger partial charge in [-0.25, -0.2) is 9.59 Å². The fraction of sp³-hybridized carbons (Fsp3) is 0.304. The standard InChI is InChI=1S/C23H23NO6/c1-4-14(2)19(24-20(25)17-10-5-6-11-18(17)21(24)26)23(28)30-13-15-8-7-9-16(12-15)22(27)29-3/h5-12,14,19H,4,13H2,1-3H3/t14-,19-/m1/s1. The first-order valence-electron chi connectivity index (χ1n) is 9.69. The molecule has 1 heterocycles. The summed E-state index contributed by atoms with van der Waals surface area (Å²) >= 11 is 0. The number of carbonyl (C=O) groups is 4. The van der Waals surface area contributed by atoms with Gasteiger partial charge in [0.05, 0.1) is 23.8 Å². The fourth-order valence-electron chi connectivity index (χ4n) is 3.42. The van der Waals surface area contributed by atoms with Gasteiger partial charge in [-0.1, -0.05) is 44.5 Å². The molecule has 156 valence electrons. The van der Waals surface area contributed by atoms with E-state index in [4.69, 9.17) is 9.47 Å². The van der Waals surface area contributed by atoms with E-state index >= 15 is 0 Å². The summed E-state index contributed by atoms with van der Waals surface area (Å²) in [7, 11) is 1.29. The molecule has 2 aromatic carbocycles. The van der Waals surface area contributed by atoms with Crippen molar-refractivity contribution in [3.8, 4) is 0 Å². The molecule has 0 spiro atoms. The van der Waals surface area contributed by atoms with Crippen molar-refractivity contribution in [3.05, 3.63) is 70.8 Å². The van der Waals surface area contributed by atoms with Crippen molar-refractivity contribution in [1.82, 2.24) is 4.90 Å². The van der Waals surface area contributed by atoms with E-state index in [9.17, 15) is 19.2 Å². The smallest absolute Gasteiger partial charge is 0.337 e. The maximum Gasteiger partial charge on any atom is 0.337 e. The first-order chi connectivity index (χ1) is 14.4. The highest BCUT2D eigenvalue weighted by molar-refractivity contribution is 6.22. The molecule has 30 heavy (non-hydrogen) atoms. The molecule has 2 amide bonds. The Morgan fingerprint density at radius 2 is 1.63 bits per heavy atom. The lowest BCUT2D eigenvalue weighted by molar-refractivity contribution is -0.151. The lowest BCUT2D eigenvalue weighted by atomic mass is 9.97. The molecule has 3 rings (SSSR count). The number of ether oxygens (including phenoxy) is 2. The van der Waals surface area contributed by atoms with Crippen molar-refractivity contribution in [3.63, 3.8) is 0 Å². The van der Waals surface area contributed by atoms with Crippen LogP contribution in [-0.4, -0.2) is 41.8 Å². The Morgan fingerprint density at radius 1 is 1.00 bits per heavy atom. The van der Waals surface area contributed by atoms with Gasteiger partial charge in [0, 0.05) is 0 Å². The molecule has 0 radical (unpaired) electrons. The maximum absolute atomic E-state index is 13.0. The van der Waals surface area contributed by atoms with E-state index in [-0.39, 0.29) is 23.7 Å². The van der Waals surface area contributed by atoms with Crippen LogP contribution in [0.1, 0.15) is 56.9 Å². The number of fused-ring (bicyclic) bond motifs is 1. The number of imide groups is 1. The molecule has 7 nitrogen and oxygen atoms in total. The van der Waals surface area contributed by atoms with Gasteiger partial charge in [0.25, 0.3) is 11.8 Å². The van der Waals surface area contributed by atoms with E-state index in [1.54, 1.807) is 55.5 Å². The second kappa shape index (κ2) is 8.90. The van der Waals surface area contributed by atoms with E-state index < -0.39 is 29.8 Å². The summed E-state index contributed by atoms with van der Waals surface area (Å²) in [5, 5.41) is 0. The summed E-state index contributed by atoms with van der Waals surface area (Å²) in [6, 6.07) is 12.0. The predicted octanol–water partition coefficient (Wildman–Crippen LogP) is 3.23. The number of hydrogen-bond donors (Lipinski definition) is 0. The van der Waals surface area contributed by atoms with Crippen LogP contribution in [-0.2, 0) is 20.9 Å². The van der Waals surface area contributed by atoms with Crippen molar-refractivity contribution in [1.29, 1.82) is 0 Å². The molecular weight excluding hydrogens is 386 g/mol. The number of hydrogen-bond acceptors (Lipinski definition) is 6. The summed E-state index contributed by atoms with van der Waals surface area (Å²) in [5.74, 6) is -2.44. The van der Waals surface area contributed by atoms with Gasteiger partial charge in [0.2, 0.25) is 0 Å². The Labute approximate surface area is 174 Å². The van der Waals surface area contributed by atoms with Crippen LogP contribution < -0.4 is 0 Å². The van der Waals surface area contributed by atoms with E-state index in [0.717, 1.165) is 4.90 Å². The van der Waals surface area contributed by atoms with Gasteiger partial charge < -0.3 is 9.47 Å². The van der Waals surface area contributed by atoms with Gasteiger partial charge in [-0.3, -0.25) is 14.5 Å². The second-order valence-corrected chi connectivity index (χ2v) is 7.16. The lowest BCUT2D eigenvalue weighted by Crippen LogP contribution is -2.49. The third kappa shape index (κ3) is 3.96. The van der Waals surface area contributed by atoms with Gasteiger partial charge in [0.15, 0.2) is 0 Å². The van der Waals surface area contributed by atoms with Crippen molar-refractivity contribution < 1.29 is 28.7 Å². The molecule has 0 N–H and O–H groups in total. The third-order valence-corrected chi connectivity index (χ3v) is 5.26. The average Bonchev–Trinajstić information content (AvgIpc) is 3.02. The van der Waals surface area contributed by atoms with Gasteiger partial charge in [-0.05, 0) is 35.7 Å². The highest BCUT2D eigenvalue weighted by atomic mass is 16.5. The summed E-state index contributed by atoms with van der Waals surface area (Å²) in [6.07, 6.45) is 0.574. The van der Waals surface area contributed by atoms with Gasteiger partial charge in [-0.15, -0.1) is 0 Å². The van der Waals surface area contributed by atoms with Crippen LogP contribution in [0, 0.1) is 5.92 Å². The summed E-state index contributed by atoms with van der Waals surface area (Å²) in [5.41, 5.74) is 1.50. The molecule has 0 bridgehead atoms. The summed E-state index contributed by atoms with van der Waals surface area (Å²) in [6.45, 7) is 3.58. The summed E-state index contributed by atoms with van der Waals surface area (Å²) < 4.78 is 10.1. The zero-order valence-corrected chi connectivity index (χ0v) is 17.1. The molecule has 0 unspecified atom stereocenters. The van der Waals surface area contributed by atoms with Crippen LogP contribution in [0.25, 0.3) is 0 Å². The van der Waals surface area contributed by atoms with Crippen molar-refractivity contribution in [2.45, 2.75) is 32.9 Å². The largest absolute Gasteiger partial charge is 0.465 e. The van der Waals surface area contributed by atoms with Crippen LogP contribution in [0.15, 0.2) is 48.5 Å². The normalized spacial score (nSPS) is 14.8. The first kappa shape index (κ1) is 21.2. The molecule has 2 aromatic rings. The van der Waals surface area contributed by atoms with Gasteiger partial charge in [-0.2, -0.15) is 0 Å². The number of esters is 2. The minimum Gasteiger partial charge on any atom is -0.465 e. The van der Waals surface area contributed by atoms with Crippen LogP contribution in [0.5, 0.6) is 0 Å². The molecule has 1 aliphatic heterocycles. The minimum atomic E-state index is -1.04. The van der Waals surface area contributed by atoms with E-state index in [0.29, 0.717) is 17.5 Å². The number of carbonyl (C=O) groups excluding carboxylic acids is 4. The number of benzene rings is 2. The molecule has 0 fully saturated rings. The Kier molecular flexibility index (Phi) is 6.30. The molecule has 1 aliphatic rings. The summed E-state index contributed by atoms with van der Waals surface area (Å²) in [4.78, 5) is 51.3. The molecule has 7 heteroatoms. The Morgan fingerprint density at radius 3 is 2.20 bits per heavy atom. The van der Waals surface area contributed by atoms with Crippen molar-refractivity contribution in [2.75, 3.05) is 7.11 Å². The van der Waals surface area contributed by atoms with Gasteiger partial charge in [0.1, 0.15) is 12.6 Å². The van der Waals surface area contributed by atoms with E-state index in [1.807, 2.05) is 6.92 Å². The van der Waals surface area contributed by atoms with Crippen molar-refractivity contribution >= 4 is 23.8 Å². The van der Waals surface area contributed by atoms with E-state index in [1.165, 1.54) is 7.11 Å². The van der Waals surface area contributed by atoms with E-state index in [2.05, 4.69) is 0 Å². The predicted molar refractivity (Wildman–Crippen MR) is 108 cm³/mol. The lowest BCUT2D eigenvalue weighted by Gasteiger charge is -2.29. The second-order valence-electron chi connectivity index (χ2n) is 7.16. The SMILES string of the molecule is CC[C@@H](C)[C@H](C(=O)OCc1cccc(C(=O)OC)c1)N1C(=O)c2ccccc2C1=O. The third-order valence-electron chi connectivity index (χ3n) is 5.26. The maximum atomic E-state index is 13.0. The van der Waals surface area contributed by atoms with Crippen LogP contribution in [0.3, 0.4) is 0 Å². The molecule has 0 saturated heterocycles. The Bertz CT molecular complexity index is 964.